The Hall–Kier alpha value is -3.60. The smallest absolute Gasteiger partial charge is 0.232 e. The first kappa shape index (κ1) is 18.4. The van der Waals surface area contributed by atoms with Crippen molar-refractivity contribution in [2.75, 3.05) is 11.4 Å². The van der Waals surface area contributed by atoms with Crippen molar-refractivity contribution >= 4 is 17.5 Å². The Bertz CT molecular complexity index is 1060. The van der Waals surface area contributed by atoms with Gasteiger partial charge in [-0.15, -0.1) is 0 Å². The highest BCUT2D eigenvalue weighted by molar-refractivity contribution is 5.95. The molecule has 2 amide bonds. The van der Waals surface area contributed by atoms with Crippen LogP contribution in [0.2, 0.25) is 0 Å². The maximum Gasteiger partial charge on any atom is 0.232 e. The van der Waals surface area contributed by atoms with E-state index in [2.05, 4.69) is 5.32 Å². The molecule has 0 spiro atoms. The van der Waals surface area contributed by atoms with E-state index in [0.717, 1.165) is 46.8 Å². The first-order chi connectivity index (χ1) is 14.7. The number of carbonyl (C=O) groups is 2. The molecule has 0 bridgehead atoms. The Kier molecular flexibility index (Phi) is 4.71. The normalized spacial score (nSPS) is 15.3. The zero-order valence-electron chi connectivity index (χ0n) is 16.5. The second kappa shape index (κ2) is 7.67. The van der Waals surface area contributed by atoms with Crippen molar-refractivity contribution in [1.82, 2.24) is 5.32 Å². The largest absolute Gasteiger partial charge is 0.457 e. The molecule has 2 aliphatic heterocycles. The number of carbonyl (C=O) groups excluding carboxylic acids is 2. The molecule has 1 N–H and O–H groups in total. The second-order valence-electron chi connectivity index (χ2n) is 7.64. The SMILES string of the molecule is O=C(NCc1ccc(N2CCCC2=O)cc1)C1c2ccccc2Oc2ccccc21. The molecule has 0 aliphatic carbocycles. The third-order valence-corrected chi connectivity index (χ3v) is 5.73. The fourth-order valence-electron chi connectivity index (χ4n) is 4.20. The molecule has 0 aromatic heterocycles. The van der Waals surface area contributed by atoms with Gasteiger partial charge in [0, 0.05) is 36.3 Å². The summed E-state index contributed by atoms with van der Waals surface area (Å²) in [4.78, 5) is 26.9. The van der Waals surface area contributed by atoms with Gasteiger partial charge >= 0.3 is 0 Å². The van der Waals surface area contributed by atoms with Crippen LogP contribution in [0.5, 0.6) is 11.5 Å². The summed E-state index contributed by atoms with van der Waals surface area (Å²) in [6.45, 7) is 1.20. The average molecular weight is 398 g/mol. The molecular weight excluding hydrogens is 376 g/mol. The third kappa shape index (κ3) is 3.32. The van der Waals surface area contributed by atoms with E-state index in [1.54, 1.807) is 0 Å². The summed E-state index contributed by atoms with van der Waals surface area (Å²) in [5, 5.41) is 3.07. The molecule has 3 aromatic carbocycles. The van der Waals surface area contributed by atoms with Crippen LogP contribution in [0.1, 0.15) is 35.4 Å². The van der Waals surface area contributed by atoms with Crippen molar-refractivity contribution in [2.45, 2.75) is 25.3 Å². The van der Waals surface area contributed by atoms with Crippen LogP contribution in [0.25, 0.3) is 0 Å². The number of nitrogens with one attached hydrogen (secondary N) is 1. The molecular formula is C25H22N2O3. The molecule has 2 heterocycles. The van der Waals surface area contributed by atoms with E-state index in [1.807, 2.05) is 77.7 Å². The minimum absolute atomic E-state index is 0.0583. The van der Waals surface area contributed by atoms with Gasteiger partial charge in [-0.3, -0.25) is 9.59 Å². The molecule has 3 aromatic rings. The summed E-state index contributed by atoms with van der Waals surface area (Å²) >= 11 is 0. The van der Waals surface area contributed by atoms with E-state index < -0.39 is 5.92 Å². The first-order valence-electron chi connectivity index (χ1n) is 10.2. The first-order valence-corrected chi connectivity index (χ1v) is 10.2. The number of para-hydroxylation sites is 2. The molecule has 0 saturated carbocycles. The van der Waals surface area contributed by atoms with Gasteiger partial charge < -0.3 is 15.0 Å². The predicted octanol–water partition coefficient (Wildman–Crippen LogP) is 4.37. The topological polar surface area (TPSA) is 58.6 Å². The standard InChI is InChI=1S/C25H22N2O3/c28-23-10-5-15-27(23)18-13-11-17(12-14-18)16-26-25(29)24-19-6-1-3-8-21(19)30-22-9-4-2-7-20(22)24/h1-4,6-9,11-14,24H,5,10,15-16H2,(H,26,29). The Labute approximate surface area is 175 Å². The van der Waals surface area contributed by atoms with Crippen LogP contribution in [0.15, 0.2) is 72.8 Å². The lowest BCUT2D eigenvalue weighted by molar-refractivity contribution is -0.122. The van der Waals surface area contributed by atoms with Crippen molar-refractivity contribution in [2.24, 2.45) is 0 Å². The average Bonchev–Trinajstić information content (AvgIpc) is 3.22. The summed E-state index contributed by atoms with van der Waals surface area (Å²) in [5.41, 5.74) is 3.65. The van der Waals surface area contributed by atoms with Crippen LogP contribution < -0.4 is 15.0 Å². The lowest BCUT2D eigenvalue weighted by atomic mass is 9.87. The lowest BCUT2D eigenvalue weighted by Gasteiger charge is -2.27. The molecule has 1 saturated heterocycles. The molecule has 30 heavy (non-hydrogen) atoms. The number of amides is 2. The number of benzene rings is 3. The van der Waals surface area contributed by atoms with Crippen molar-refractivity contribution in [3.05, 3.63) is 89.5 Å². The summed E-state index contributed by atoms with van der Waals surface area (Å²) in [6.07, 6.45) is 1.52. The van der Waals surface area contributed by atoms with E-state index in [9.17, 15) is 9.59 Å². The number of hydrogen-bond donors (Lipinski definition) is 1. The Balaban J connectivity index is 1.33. The van der Waals surface area contributed by atoms with Gasteiger partial charge in [-0.2, -0.15) is 0 Å². The van der Waals surface area contributed by atoms with Crippen LogP contribution >= 0.6 is 0 Å². The number of rotatable bonds is 4. The maximum absolute atomic E-state index is 13.2. The number of anilines is 1. The van der Waals surface area contributed by atoms with E-state index in [4.69, 9.17) is 4.74 Å². The maximum atomic E-state index is 13.2. The highest BCUT2D eigenvalue weighted by atomic mass is 16.5. The third-order valence-electron chi connectivity index (χ3n) is 5.73. The monoisotopic (exact) mass is 398 g/mol. The molecule has 5 heteroatoms. The van der Waals surface area contributed by atoms with Crippen LogP contribution in [0.4, 0.5) is 5.69 Å². The molecule has 2 aliphatic rings. The quantitative estimate of drug-likeness (QED) is 0.710. The molecule has 150 valence electrons. The summed E-state index contributed by atoms with van der Waals surface area (Å²) in [5.74, 6) is 1.14. The lowest BCUT2D eigenvalue weighted by Crippen LogP contribution is -2.31. The van der Waals surface area contributed by atoms with Crippen LogP contribution in [0, 0.1) is 0 Å². The highest BCUT2D eigenvalue weighted by Crippen LogP contribution is 2.43. The van der Waals surface area contributed by atoms with Gasteiger partial charge in [-0.25, -0.2) is 0 Å². The van der Waals surface area contributed by atoms with Crippen LogP contribution in [0.3, 0.4) is 0 Å². The minimum atomic E-state index is -0.410. The summed E-state index contributed by atoms with van der Waals surface area (Å²) in [7, 11) is 0. The van der Waals surface area contributed by atoms with Crippen LogP contribution in [-0.2, 0) is 16.1 Å². The molecule has 0 unspecified atom stereocenters. The van der Waals surface area contributed by atoms with Gasteiger partial charge in [0.15, 0.2) is 0 Å². The van der Waals surface area contributed by atoms with Crippen molar-refractivity contribution in [3.63, 3.8) is 0 Å². The Morgan fingerprint density at radius 2 is 1.57 bits per heavy atom. The van der Waals surface area contributed by atoms with E-state index >= 15 is 0 Å². The molecule has 5 nitrogen and oxygen atoms in total. The van der Waals surface area contributed by atoms with Gasteiger partial charge in [-0.1, -0.05) is 48.5 Å². The highest BCUT2D eigenvalue weighted by Gasteiger charge is 2.32. The van der Waals surface area contributed by atoms with E-state index in [1.165, 1.54) is 0 Å². The van der Waals surface area contributed by atoms with E-state index in [0.29, 0.717) is 13.0 Å². The number of fused-ring (bicyclic) bond motifs is 2. The van der Waals surface area contributed by atoms with Crippen molar-refractivity contribution in [3.8, 4) is 11.5 Å². The molecule has 1 fully saturated rings. The van der Waals surface area contributed by atoms with Gasteiger partial charge in [-0.05, 0) is 36.2 Å². The Morgan fingerprint density at radius 1 is 0.933 bits per heavy atom. The number of nitrogens with zero attached hydrogens (tertiary/aromatic N) is 1. The molecule has 0 atom stereocenters. The molecule has 5 rings (SSSR count). The number of ether oxygens (including phenoxy) is 1. The summed E-state index contributed by atoms with van der Waals surface area (Å²) in [6, 6.07) is 23.2. The summed E-state index contributed by atoms with van der Waals surface area (Å²) < 4.78 is 5.98. The fraction of sp³-hybridized carbons (Fsp3) is 0.200. The van der Waals surface area contributed by atoms with Gasteiger partial charge in [0.05, 0.1) is 5.92 Å². The van der Waals surface area contributed by atoms with E-state index in [-0.39, 0.29) is 11.8 Å². The predicted molar refractivity (Wildman–Crippen MR) is 115 cm³/mol. The van der Waals surface area contributed by atoms with Gasteiger partial charge in [0.25, 0.3) is 0 Å². The Morgan fingerprint density at radius 3 is 2.17 bits per heavy atom. The zero-order valence-corrected chi connectivity index (χ0v) is 16.5. The number of hydrogen-bond acceptors (Lipinski definition) is 3. The van der Waals surface area contributed by atoms with Crippen LogP contribution in [-0.4, -0.2) is 18.4 Å². The molecule has 0 radical (unpaired) electrons. The minimum Gasteiger partial charge on any atom is -0.457 e. The zero-order chi connectivity index (χ0) is 20.5. The fourth-order valence-corrected chi connectivity index (χ4v) is 4.20. The van der Waals surface area contributed by atoms with Gasteiger partial charge in [0.1, 0.15) is 11.5 Å². The van der Waals surface area contributed by atoms with Crippen molar-refractivity contribution in [1.29, 1.82) is 0 Å². The van der Waals surface area contributed by atoms with Crippen molar-refractivity contribution < 1.29 is 14.3 Å². The van der Waals surface area contributed by atoms with Gasteiger partial charge in [0.2, 0.25) is 11.8 Å². The second-order valence-corrected chi connectivity index (χ2v) is 7.64.